The van der Waals surface area contributed by atoms with E-state index >= 15 is 0 Å². The van der Waals surface area contributed by atoms with E-state index < -0.39 is 0 Å². The Bertz CT molecular complexity index is 1780. The van der Waals surface area contributed by atoms with Gasteiger partial charge in [0.25, 0.3) is 0 Å². The van der Waals surface area contributed by atoms with Crippen molar-refractivity contribution in [3.63, 3.8) is 0 Å². The zero-order valence-corrected chi connectivity index (χ0v) is 33.7. The van der Waals surface area contributed by atoms with Crippen LogP contribution in [-0.4, -0.2) is 23.1 Å². The fourth-order valence-electron chi connectivity index (χ4n) is 6.00. The van der Waals surface area contributed by atoms with E-state index in [0.29, 0.717) is 5.92 Å². The van der Waals surface area contributed by atoms with Gasteiger partial charge in [-0.05, 0) is 97.4 Å². The first-order chi connectivity index (χ1) is 21.9. The summed E-state index contributed by atoms with van der Waals surface area (Å²) in [4.78, 5) is 0. The Morgan fingerprint density at radius 1 is 0.542 bits per heavy atom. The van der Waals surface area contributed by atoms with Gasteiger partial charge in [0.15, 0.2) is 0 Å². The van der Waals surface area contributed by atoms with Crippen molar-refractivity contribution >= 4 is 82.1 Å². The molecule has 0 fully saturated rings. The molecule has 0 spiro atoms. The number of halogens is 2. The molecule has 0 aliphatic rings. The second-order valence-corrected chi connectivity index (χ2v) is 13.5. The van der Waals surface area contributed by atoms with Gasteiger partial charge in [-0.25, -0.2) is 0 Å². The van der Waals surface area contributed by atoms with Crippen LogP contribution in [0.25, 0.3) is 43.1 Å². The molecular weight excluding hydrogens is 725 g/mol. The van der Waals surface area contributed by atoms with Gasteiger partial charge in [-0.2, -0.15) is 5.92 Å². The van der Waals surface area contributed by atoms with Gasteiger partial charge in [0.1, 0.15) is 0 Å². The van der Waals surface area contributed by atoms with Crippen molar-refractivity contribution in [2.24, 2.45) is 11.8 Å². The van der Waals surface area contributed by atoms with Gasteiger partial charge in [0.05, 0.1) is 0 Å². The predicted octanol–water partition coefficient (Wildman–Crippen LogP) is 11.8. The minimum absolute atomic E-state index is 0. The Labute approximate surface area is 327 Å². The van der Waals surface area contributed by atoms with E-state index in [-0.39, 0.29) is 47.5 Å². The first-order valence-electron chi connectivity index (χ1n) is 17.3. The first kappa shape index (κ1) is 44.1. The molecule has 6 aromatic carbocycles. The molecule has 0 aliphatic carbocycles. The summed E-state index contributed by atoms with van der Waals surface area (Å²) in [6, 6.07) is 39.6. The van der Waals surface area contributed by atoms with E-state index in [9.17, 15) is 0 Å². The predicted molar refractivity (Wildman–Crippen MR) is 219 cm³/mol. The van der Waals surface area contributed by atoms with Crippen molar-refractivity contribution in [3.05, 3.63) is 126 Å². The number of fused-ring (bicyclic) bond motifs is 4. The number of hydrogen-bond donors (Lipinski definition) is 0. The summed E-state index contributed by atoms with van der Waals surface area (Å²) in [7, 11) is 0. The van der Waals surface area contributed by atoms with Gasteiger partial charge in [-0.3, -0.25) is 0 Å². The summed E-state index contributed by atoms with van der Waals surface area (Å²) >= 11 is 3.50. The number of unbranched alkanes of at least 4 members (excludes halogenated alkanes) is 2. The molecule has 2 unspecified atom stereocenters. The Balaban J connectivity index is 0.000000387. The zero-order valence-electron chi connectivity index (χ0n) is 29.1. The van der Waals surface area contributed by atoms with E-state index in [2.05, 4.69) is 160 Å². The van der Waals surface area contributed by atoms with Crippen LogP contribution in [0, 0.1) is 18.8 Å². The van der Waals surface area contributed by atoms with Crippen LogP contribution < -0.4 is 17.0 Å². The Morgan fingerprint density at radius 2 is 0.979 bits per heavy atom. The Morgan fingerprint density at radius 3 is 1.46 bits per heavy atom. The van der Waals surface area contributed by atoms with Gasteiger partial charge < -0.3 is 23.9 Å². The molecule has 0 radical (unpaired) electrons. The van der Waals surface area contributed by atoms with Crippen LogP contribution in [-0.2, 0) is 6.42 Å². The maximum Gasteiger partial charge on any atom is 2.00 e. The molecule has 2 atom stereocenters. The first-order valence-corrected chi connectivity index (χ1v) is 18.1. The summed E-state index contributed by atoms with van der Waals surface area (Å²) in [5.74, 6) is 1.54. The maximum atomic E-state index is 3.99. The summed E-state index contributed by atoms with van der Waals surface area (Å²) in [5, 5.41) is 10.6. The minimum atomic E-state index is 0. The van der Waals surface area contributed by atoms with Crippen molar-refractivity contribution in [1.82, 2.24) is 0 Å². The monoisotopic (exact) mass is 778 g/mol. The number of benzene rings is 6. The van der Waals surface area contributed by atoms with Crippen molar-refractivity contribution in [1.29, 1.82) is 0 Å². The summed E-state index contributed by atoms with van der Waals surface area (Å²) in [6.45, 7) is 13.0. The van der Waals surface area contributed by atoms with Crippen molar-refractivity contribution in [2.45, 2.75) is 92.9 Å². The van der Waals surface area contributed by atoms with Crippen LogP contribution in [0.5, 0.6) is 0 Å². The van der Waals surface area contributed by atoms with Crippen LogP contribution in [0.4, 0.5) is 0 Å². The molecule has 0 aliphatic heterocycles. The largest absolute Gasteiger partial charge is 2.00 e. The molecule has 0 saturated heterocycles. The van der Waals surface area contributed by atoms with Crippen LogP contribution in [0.3, 0.4) is 0 Å². The Hall–Kier alpha value is -1.91. The number of rotatable bonds is 10. The molecule has 6 aromatic rings. The van der Waals surface area contributed by atoms with E-state index in [1.54, 1.807) is 0 Å². The standard InChI is InChI=1S/C22H26.C14H9Br.C8H17.CH4.BrH.Mg/c1-3-5-8-17(4-2)13-18-11-12-21-15-19-9-6-7-10-20(19)16-22(21)14-18;15-14-6-5-12-7-10-3-1-2-4-11(10)8-13(12)9-14;1-4-6-7-8(3)5-2;;;/h6-7,9-12,14-17H,3-5,8,13H2,1-2H3;1-9H;8H,3-7H2,1-2H3;1H4;1H;/q;;-1;;;+2/p-1. The van der Waals surface area contributed by atoms with E-state index in [4.69, 9.17) is 0 Å². The van der Waals surface area contributed by atoms with Gasteiger partial charge in [0.2, 0.25) is 0 Å². The average Bonchev–Trinajstić information content (AvgIpc) is 3.07. The molecule has 0 saturated carbocycles. The second-order valence-electron chi connectivity index (χ2n) is 12.6. The average molecular weight is 781 g/mol. The maximum absolute atomic E-state index is 3.99. The van der Waals surface area contributed by atoms with Crippen molar-refractivity contribution in [3.8, 4) is 0 Å². The summed E-state index contributed by atoms with van der Waals surface area (Å²) in [5.41, 5.74) is 1.49. The van der Waals surface area contributed by atoms with Gasteiger partial charge >= 0.3 is 23.1 Å². The molecular formula is C45H56Br2Mg. The molecule has 6 rings (SSSR count). The van der Waals surface area contributed by atoms with Crippen LogP contribution in [0.2, 0.25) is 0 Å². The molecule has 0 amide bonds. The van der Waals surface area contributed by atoms with E-state index in [1.807, 2.05) is 0 Å². The van der Waals surface area contributed by atoms with Gasteiger partial charge in [-0.15, -0.1) is 0 Å². The fraction of sp³-hybridized carbons (Fsp3) is 0.356. The summed E-state index contributed by atoms with van der Waals surface area (Å²) < 4.78 is 1.13. The van der Waals surface area contributed by atoms with Gasteiger partial charge in [-0.1, -0.05) is 175 Å². The SMILES string of the molecule is Brc1ccc2cc3ccccc3cc2c1.C.CCCCC(CC)Cc1ccc2cc3ccccc3cc2c1.[Br-].[CH2-]C(CC)CCCC.[Mg+2]. The third-order valence-corrected chi connectivity index (χ3v) is 9.54. The van der Waals surface area contributed by atoms with Crippen LogP contribution in [0.1, 0.15) is 92.1 Å². The molecule has 3 heteroatoms. The molecule has 0 N–H and O–H groups in total. The van der Waals surface area contributed by atoms with Crippen LogP contribution >= 0.6 is 15.9 Å². The third-order valence-electron chi connectivity index (χ3n) is 9.05. The van der Waals surface area contributed by atoms with E-state index in [0.717, 1.165) is 10.4 Å². The minimum Gasteiger partial charge on any atom is -1.00 e. The fourth-order valence-corrected chi connectivity index (χ4v) is 6.38. The van der Waals surface area contributed by atoms with Gasteiger partial charge in [0, 0.05) is 4.47 Å². The van der Waals surface area contributed by atoms with Crippen LogP contribution in [0.15, 0.2) is 114 Å². The molecule has 0 nitrogen and oxygen atoms in total. The molecule has 252 valence electrons. The second kappa shape index (κ2) is 23.5. The molecule has 48 heavy (non-hydrogen) atoms. The normalized spacial score (nSPS) is 11.6. The van der Waals surface area contributed by atoms with Crippen molar-refractivity contribution < 1.29 is 17.0 Å². The topological polar surface area (TPSA) is 0 Å². The quantitative estimate of drug-likeness (QED) is 0.0738. The zero-order chi connectivity index (χ0) is 32.0. The van der Waals surface area contributed by atoms with E-state index in [1.165, 1.54) is 106 Å². The smallest absolute Gasteiger partial charge is 1.00 e. The number of hydrogen-bond acceptors (Lipinski definition) is 0. The molecule has 0 aromatic heterocycles. The summed E-state index contributed by atoms with van der Waals surface area (Å²) in [6.07, 6.45) is 11.7. The third kappa shape index (κ3) is 13.4. The molecule has 0 heterocycles. The Kier molecular flexibility index (Phi) is 21.6. The molecule has 0 bridgehead atoms. The van der Waals surface area contributed by atoms with Crippen molar-refractivity contribution in [2.75, 3.05) is 0 Å².